The molecule has 0 aromatic heterocycles. The summed E-state index contributed by atoms with van der Waals surface area (Å²) >= 11 is 0. The lowest BCUT2D eigenvalue weighted by molar-refractivity contribution is -0.254. The minimum Gasteiger partial charge on any atom is -0.545 e. The second kappa shape index (κ2) is 24.9. The Morgan fingerprint density at radius 3 is 2.00 bits per heavy atom. The van der Waals surface area contributed by atoms with Crippen LogP contribution in [-0.2, 0) is 4.79 Å². The second-order valence-corrected chi connectivity index (χ2v) is 15.3. The standard InChI is InChI=1S/C50H64N4O5/c1-6-7-8-9-10-11-12-13-14-15-16-17-18-19-20-21-23-26-47(55)51-33-24-22-25-34-52-49(56)38-27-30-41(44(35-38)50(57)58)48-42-31-28-39(53(2)3)36-45(42)59-46-37-40(54(4)5)29-32-43(46)48/h10-11,13-14,16-17,19-20,27-32,35-37H,6-9,12,15,18,21-26,33-34H2,1-5H3,(H2-,51,52,55,56,57,58)/b11-10-,14-13-,17-16-,20-19-. The number of fused-ring (bicyclic) bond motifs is 2. The zero-order valence-electron chi connectivity index (χ0n) is 35.9. The number of anilines is 1. The quantitative estimate of drug-likeness (QED) is 0.0317. The van der Waals surface area contributed by atoms with E-state index in [1.54, 1.807) is 12.1 Å². The predicted molar refractivity (Wildman–Crippen MR) is 242 cm³/mol. The first-order valence-electron chi connectivity index (χ1n) is 21.3. The zero-order chi connectivity index (χ0) is 42.4. The SMILES string of the molecule is CCCCC/C=C\C/C=C\C/C=C\C/C=C\CCCC(=O)NCCCCCNC(=O)c1ccc(-c2c3ccc(=[N+](C)C)cc-3oc3cc(N(C)C)ccc23)c(C(=O)[O-])c1. The van der Waals surface area contributed by atoms with Gasteiger partial charge >= 0.3 is 0 Å². The summed E-state index contributed by atoms with van der Waals surface area (Å²) in [6.07, 6.45) is 30.1. The Morgan fingerprint density at radius 2 is 1.36 bits per heavy atom. The lowest BCUT2D eigenvalue weighted by Gasteiger charge is -2.20. The minimum absolute atomic E-state index is 0.0591. The van der Waals surface area contributed by atoms with Crippen LogP contribution < -0.4 is 30.6 Å². The van der Waals surface area contributed by atoms with Gasteiger partial charge in [-0.3, -0.25) is 9.59 Å². The lowest BCUT2D eigenvalue weighted by atomic mass is 9.89. The van der Waals surface area contributed by atoms with Gasteiger partial charge in [-0.05, 0) is 100 Å². The van der Waals surface area contributed by atoms with Gasteiger partial charge in [0.05, 0.1) is 12.0 Å². The van der Waals surface area contributed by atoms with Crippen LogP contribution in [0.1, 0.15) is 111 Å². The number of carboxylic acid groups (broad SMARTS) is 1. The number of carboxylic acids is 1. The highest BCUT2D eigenvalue weighted by molar-refractivity contribution is 6.09. The average Bonchev–Trinajstić information content (AvgIpc) is 3.22. The summed E-state index contributed by atoms with van der Waals surface area (Å²) in [4.78, 5) is 40.0. The first-order valence-corrected chi connectivity index (χ1v) is 21.3. The number of amides is 2. The van der Waals surface area contributed by atoms with Crippen molar-refractivity contribution in [3.63, 3.8) is 0 Å². The van der Waals surface area contributed by atoms with E-state index < -0.39 is 5.97 Å². The van der Waals surface area contributed by atoms with E-state index >= 15 is 0 Å². The molecule has 0 saturated heterocycles. The highest BCUT2D eigenvalue weighted by atomic mass is 16.4. The highest BCUT2D eigenvalue weighted by Crippen LogP contribution is 2.42. The molecular formula is C50H64N4O5. The molecule has 0 unspecified atom stereocenters. The molecule has 9 heteroatoms. The lowest BCUT2D eigenvalue weighted by Crippen LogP contribution is -2.27. The Morgan fingerprint density at radius 1 is 0.712 bits per heavy atom. The van der Waals surface area contributed by atoms with Crippen LogP contribution in [0.3, 0.4) is 0 Å². The predicted octanol–water partition coefficient (Wildman–Crippen LogP) is 8.83. The van der Waals surface area contributed by atoms with E-state index in [9.17, 15) is 19.5 Å². The Bertz CT molecular complexity index is 2150. The summed E-state index contributed by atoms with van der Waals surface area (Å²) in [5, 5.41) is 20.2. The molecule has 0 radical (unpaired) electrons. The molecule has 2 N–H and O–H groups in total. The molecule has 0 saturated carbocycles. The van der Waals surface area contributed by atoms with Crippen LogP contribution in [0.2, 0.25) is 0 Å². The van der Waals surface area contributed by atoms with Crippen molar-refractivity contribution in [2.75, 3.05) is 46.2 Å². The number of nitrogens with zero attached hydrogens (tertiary/aromatic N) is 2. The fraction of sp³-hybridized carbons (Fsp3) is 0.400. The third-order valence-corrected chi connectivity index (χ3v) is 10.2. The first kappa shape index (κ1) is 46.0. The van der Waals surface area contributed by atoms with Gasteiger partial charge in [0.1, 0.15) is 25.4 Å². The number of rotatable bonds is 24. The molecule has 2 amide bonds. The third kappa shape index (κ3) is 14.9. The smallest absolute Gasteiger partial charge is 0.251 e. The molecule has 0 spiro atoms. The van der Waals surface area contributed by atoms with Gasteiger partial charge in [0, 0.05) is 79.1 Å². The normalized spacial score (nSPS) is 11.8. The number of carbonyl (C=O) groups excluding carboxylic acids is 3. The molecule has 0 bridgehead atoms. The number of aromatic carboxylic acids is 1. The molecule has 2 aromatic rings. The largest absolute Gasteiger partial charge is 0.545 e. The van der Waals surface area contributed by atoms with Crippen molar-refractivity contribution < 1.29 is 23.9 Å². The van der Waals surface area contributed by atoms with Crippen molar-refractivity contribution in [3.8, 4) is 22.5 Å². The molecule has 0 atom stereocenters. The molecule has 1 heterocycles. The number of allylic oxidation sites excluding steroid dienone is 8. The monoisotopic (exact) mass is 800 g/mol. The summed E-state index contributed by atoms with van der Waals surface area (Å²) in [6, 6.07) is 16.4. The van der Waals surface area contributed by atoms with E-state index in [2.05, 4.69) is 66.2 Å². The summed E-state index contributed by atoms with van der Waals surface area (Å²) in [5.74, 6) is -1.06. The van der Waals surface area contributed by atoms with E-state index in [-0.39, 0.29) is 22.9 Å². The fourth-order valence-corrected chi connectivity index (χ4v) is 6.77. The number of benzene rings is 3. The van der Waals surface area contributed by atoms with Crippen molar-refractivity contribution in [1.82, 2.24) is 15.2 Å². The van der Waals surface area contributed by atoms with Gasteiger partial charge in [-0.2, -0.15) is 0 Å². The van der Waals surface area contributed by atoms with E-state index in [1.165, 1.54) is 31.7 Å². The van der Waals surface area contributed by atoms with Crippen LogP contribution in [0.15, 0.2) is 108 Å². The highest BCUT2D eigenvalue weighted by Gasteiger charge is 2.22. The Hall–Kier alpha value is -5.70. The first-order chi connectivity index (χ1) is 28.6. The van der Waals surface area contributed by atoms with Crippen LogP contribution in [0.5, 0.6) is 0 Å². The number of hydrogen-bond acceptors (Lipinski definition) is 6. The fourth-order valence-electron chi connectivity index (χ4n) is 6.77. The summed E-state index contributed by atoms with van der Waals surface area (Å²) in [6.45, 7) is 3.26. The molecule has 1 aliphatic carbocycles. The van der Waals surface area contributed by atoms with Crippen LogP contribution in [0, 0.1) is 0 Å². The van der Waals surface area contributed by atoms with E-state index in [1.807, 2.05) is 74.1 Å². The van der Waals surface area contributed by atoms with Crippen molar-refractivity contribution >= 4 is 34.4 Å². The van der Waals surface area contributed by atoms with Gasteiger partial charge < -0.3 is 29.9 Å². The van der Waals surface area contributed by atoms with Crippen LogP contribution in [0.4, 0.5) is 5.69 Å². The Balaban J connectivity index is 1.19. The molecule has 9 nitrogen and oxygen atoms in total. The zero-order valence-corrected chi connectivity index (χ0v) is 35.9. The molecule has 1 aliphatic heterocycles. The van der Waals surface area contributed by atoms with Crippen LogP contribution in [-0.4, -0.2) is 59.1 Å². The molecular weight excluding hydrogens is 737 g/mol. The van der Waals surface area contributed by atoms with Crippen molar-refractivity contribution in [1.29, 1.82) is 0 Å². The summed E-state index contributed by atoms with van der Waals surface area (Å²) < 4.78 is 8.37. The van der Waals surface area contributed by atoms with E-state index in [0.717, 1.165) is 73.4 Å². The van der Waals surface area contributed by atoms with Crippen LogP contribution >= 0.6 is 0 Å². The number of nitrogens with one attached hydrogen (secondary N) is 2. The number of hydrogen-bond donors (Lipinski definition) is 2. The van der Waals surface area contributed by atoms with E-state index in [0.29, 0.717) is 42.0 Å². The van der Waals surface area contributed by atoms with Crippen LogP contribution in [0.25, 0.3) is 33.4 Å². The van der Waals surface area contributed by atoms with Crippen molar-refractivity contribution in [3.05, 3.63) is 120 Å². The maximum absolute atomic E-state index is 13.1. The molecule has 314 valence electrons. The van der Waals surface area contributed by atoms with Gasteiger partial charge in [0.15, 0.2) is 0 Å². The number of unbranched alkanes of at least 4 members (excludes halogenated alkanes) is 6. The average molecular weight is 801 g/mol. The topological polar surface area (TPSA) is 118 Å². The molecule has 2 aliphatic rings. The van der Waals surface area contributed by atoms with Crippen molar-refractivity contribution in [2.45, 2.75) is 90.4 Å². The van der Waals surface area contributed by atoms with E-state index in [4.69, 9.17) is 4.42 Å². The Kier molecular flexibility index (Phi) is 19.4. The second-order valence-electron chi connectivity index (χ2n) is 15.3. The van der Waals surface area contributed by atoms with Gasteiger partial charge in [-0.15, -0.1) is 0 Å². The molecule has 2 aromatic carbocycles. The Labute approximate surface area is 351 Å². The maximum atomic E-state index is 13.1. The number of carbonyl (C=O) groups is 3. The maximum Gasteiger partial charge on any atom is 0.251 e. The molecule has 59 heavy (non-hydrogen) atoms. The van der Waals surface area contributed by atoms with Gasteiger partial charge in [0.2, 0.25) is 11.3 Å². The van der Waals surface area contributed by atoms with Crippen molar-refractivity contribution in [2.24, 2.45) is 0 Å². The molecule has 0 fully saturated rings. The molecule has 4 rings (SSSR count). The third-order valence-electron chi connectivity index (χ3n) is 10.2. The van der Waals surface area contributed by atoms with Gasteiger partial charge in [0.25, 0.3) is 5.91 Å². The minimum atomic E-state index is -1.37. The van der Waals surface area contributed by atoms with Gasteiger partial charge in [-0.1, -0.05) is 74.4 Å². The van der Waals surface area contributed by atoms with Gasteiger partial charge in [-0.25, -0.2) is 4.58 Å². The summed E-state index contributed by atoms with van der Waals surface area (Å²) in [5.41, 5.74) is 3.61. The summed E-state index contributed by atoms with van der Waals surface area (Å²) in [7, 11) is 7.79.